The Bertz CT molecular complexity index is 590. The van der Waals surface area contributed by atoms with Gasteiger partial charge in [-0.15, -0.1) is 0 Å². The summed E-state index contributed by atoms with van der Waals surface area (Å²) in [5.41, 5.74) is 4.81. The van der Waals surface area contributed by atoms with Crippen LogP contribution in [-0.4, -0.2) is 0 Å². The van der Waals surface area contributed by atoms with Crippen molar-refractivity contribution in [1.82, 2.24) is 0 Å². The largest absolute Gasteiger partial charge is 0.416 e. The highest BCUT2D eigenvalue weighted by atomic mass is 19.4. The van der Waals surface area contributed by atoms with Gasteiger partial charge in [-0.2, -0.15) is 13.2 Å². The Hall–Kier alpha value is -2.04. The predicted octanol–water partition coefficient (Wildman–Crippen LogP) is 4.02. The Morgan fingerprint density at radius 3 is 2.26 bits per heavy atom. The molecule has 2 aromatic carbocycles. The average Bonchev–Trinajstić information content (AvgIpc) is 2.33. The maximum Gasteiger partial charge on any atom is 0.416 e. The van der Waals surface area contributed by atoms with E-state index in [-0.39, 0.29) is 23.2 Å². The van der Waals surface area contributed by atoms with Crippen molar-refractivity contribution in [2.45, 2.75) is 12.6 Å². The van der Waals surface area contributed by atoms with Gasteiger partial charge in [-0.3, -0.25) is 0 Å². The van der Waals surface area contributed by atoms with Gasteiger partial charge in [0.25, 0.3) is 0 Å². The summed E-state index contributed by atoms with van der Waals surface area (Å²) in [4.78, 5) is 0. The lowest BCUT2D eigenvalue weighted by atomic mass is 9.98. The molecule has 0 fully saturated rings. The Morgan fingerprint density at radius 1 is 0.947 bits per heavy atom. The molecule has 0 bridgehead atoms. The molecule has 0 amide bonds. The molecule has 0 aliphatic heterocycles. The molecule has 2 aromatic rings. The van der Waals surface area contributed by atoms with Crippen molar-refractivity contribution in [3.8, 4) is 0 Å². The molecule has 0 radical (unpaired) electrons. The highest BCUT2D eigenvalue weighted by Crippen LogP contribution is 2.34. The first kappa shape index (κ1) is 13.4. The van der Waals surface area contributed by atoms with Gasteiger partial charge in [0, 0.05) is 12.1 Å². The van der Waals surface area contributed by atoms with Crippen molar-refractivity contribution < 1.29 is 17.6 Å². The van der Waals surface area contributed by atoms with Crippen LogP contribution in [-0.2, 0) is 12.6 Å². The molecule has 0 aliphatic rings. The second-order valence-corrected chi connectivity index (χ2v) is 4.18. The molecule has 1 nitrogen and oxygen atoms in total. The van der Waals surface area contributed by atoms with E-state index in [4.69, 9.17) is 5.73 Å². The topological polar surface area (TPSA) is 26.0 Å². The molecule has 0 saturated carbocycles. The Balaban J connectivity index is 2.44. The van der Waals surface area contributed by atoms with Crippen molar-refractivity contribution in [2.75, 3.05) is 5.73 Å². The maximum absolute atomic E-state index is 13.5. The third kappa shape index (κ3) is 3.05. The fraction of sp³-hybridized carbons (Fsp3) is 0.143. The molecule has 0 unspecified atom stereocenters. The second kappa shape index (κ2) is 4.91. The number of anilines is 1. The average molecular weight is 269 g/mol. The van der Waals surface area contributed by atoms with Crippen LogP contribution < -0.4 is 5.73 Å². The molecule has 2 N–H and O–H groups in total. The molecule has 19 heavy (non-hydrogen) atoms. The maximum atomic E-state index is 13.5. The van der Waals surface area contributed by atoms with Gasteiger partial charge >= 0.3 is 6.18 Å². The van der Waals surface area contributed by atoms with E-state index in [2.05, 4.69) is 0 Å². The number of nitrogen functional groups attached to an aromatic ring is 1. The number of halogens is 4. The lowest BCUT2D eigenvalue weighted by Crippen LogP contribution is -2.10. The Labute approximate surface area is 107 Å². The van der Waals surface area contributed by atoms with Gasteiger partial charge in [0.15, 0.2) is 0 Å². The van der Waals surface area contributed by atoms with Crippen LogP contribution in [0.1, 0.15) is 16.7 Å². The van der Waals surface area contributed by atoms with E-state index in [0.717, 1.165) is 6.07 Å². The van der Waals surface area contributed by atoms with Gasteiger partial charge in [0.2, 0.25) is 0 Å². The van der Waals surface area contributed by atoms with Crippen molar-refractivity contribution >= 4 is 5.69 Å². The minimum atomic E-state index is -4.50. The van der Waals surface area contributed by atoms with Gasteiger partial charge in [-0.1, -0.05) is 24.3 Å². The van der Waals surface area contributed by atoms with Crippen LogP contribution in [0.4, 0.5) is 23.2 Å². The van der Waals surface area contributed by atoms with E-state index >= 15 is 0 Å². The summed E-state index contributed by atoms with van der Waals surface area (Å²) in [5, 5.41) is 0. The number of benzene rings is 2. The first-order valence-corrected chi connectivity index (χ1v) is 5.57. The van der Waals surface area contributed by atoms with Crippen LogP contribution in [0.3, 0.4) is 0 Å². The molecule has 5 heteroatoms. The third-order valence-electron chi connectivity index (χ3n) is 2.78. The van der Waals surface area contributed by atoms with E-state index in [9.17, 15) is 17.6 Å². The van der Waals surface area contributed by atoms with E-state index < -0.39 is 17.6 Å². The number of hydrogen-bond acceptors (Lipinski definition) is 1. The van der Waals surface area contributed by atoms with Gasteiger partial charge in [0.1, 0.15) is 5.82 Å². The molecule has 0 spiro atoms. The summed E-state index contributed by atoms with van der Waals surface area (Å²) in [6.07, 6.45) is -4.63. The Kier molecular flexibility index (Phi) is 3.46. The lowest BCUT2D eigenvalue weighted by Gasteiger charge is -2.14. The first-order valence-electron chi connectivity index (χ1n) is 5.57. The van der Waals surface area contributed by atoms with Crippen molar-refractivity contribution in [3.63, 3.8) is 0 Å². The zero-order chi connectivity index (χ0) is 14.0. The van der Waals surface area contributed by atoms with Crippen molar-refractivity contribution in [2.24, 2.45) is 0 Å². The molecular weight excluding hydrogens is 258 g/mol. The number of rotatable bonds is 2. The highest BCUT2D eigenvalue weighted by molar-refractivity contribution is 5.47. The first-order chi connectivity index (χ1) is 8.88. The van der Waals surface area contributed by atoms with E-state index in [1.165, 1.54) is 30.3 Å². The smallest absolute Gasteiger partial charge is 0.399 e. The summed E-state index contributed by atoms with van der Waals surface area (Å²) < 4.78 is 52.1. The van der Waals surface area contributed by atoms with Crippen LogP contribution in [0.2, 0.25) is 0 Å². The standard InChI is InChI=1S/C14H11F4N/c15-13-4-2-1-3-10(13)7-9-5-6-11(19)8-12(9)14(16,17)18/h1-6,8H,7,19H2. The summed E-state index contributed by atoms with van der Waals surface area (Å²) >= 11 is 0. The van der Waals surface area contributed by atoms with Crippen LogP contribution in [0.5, 0.6) is 0 Å². The van der Waals surface area contributed by atoms with Crippen LogP contribution >= 0.6 is 0 Å². The molecular formula is C14H11F4N. The fourth-order valence-electron chi connectivity index (χ4n) is 1.86. The minimum absolute atomic E-state index is 0.00630. The zero-order valence-corrected chi connectivity index (χ0v) is 9.84. The van der Waals surface area contributed by atoms with Gasteiger partial charge < -0.3 is 5.73 Å². The highest BCUT2D eigenvalue weighted by Gasteiger charge is 2.33. The summed E-state index contributed by atoms with van der Waals surface area (Å²) in [6.45, 7) is 0. The normalized spacial score (nSPS) is 11.6. The quantitative estimate of drug-likeness (QED) is 0.646. The molecule has 0 aliphatic carbocycles. The zero-order valence-electron chi connectivity index (χ0n) is 9.84. The molecule has 0 saturated heterocycles. The number of nitrogens with two attached hydrogens (primary N) is 1. The van der Waals surface area contributed by atoms with E-state index in [1.807, 2.05) is 0 Å². The monoisotopic (exact) mass is 269 g/mol. The van der Waals surface area contributed by atoms with Gasteiger partial charge in [-0.05, 0) is 29.3 Å². The molecule has 0 heterocycles. The SMILES string of the molecule is Nc1ccc(Cc2ccccc2F)c(C(F)(F)F)c1. The molecule has 0 aromatic heterocycles. The third-order valence-corrected chi connectivity index (χ3v) is 2.78. The fourth-order valence-corrected chi connectivity index (χ4v) is 1.86. The van der Waals surface area contributed by atoms with Crippen LogP contribution in [0.15, 0.2) is 42.5 Å². The molecule has 100 valence electrons. The van der Waals surface area contributed by atoms with E-state index in [1.54, 1.807) is 6.07 Å². The van der Waals surface area contributed by atoms with E-state index in [0.29, 0.717) is 0 Å². The van der Waals surface area contributed by atoms with Crippen LogP contribution in [0.25, 0.3) is 0 Å². The number of alkyl halides is 3. The summed E-state index contributed by atoms with van der Waals surface area (Å²) in [7, 11) is 0. The van der Waals surface area contributed by atoms with Gasteiger partial charge in [0.05, 0.1) is 5.56 Å². The molecule has 0 atom stereocenters. The lowest BCUT2D eigenvalue weighted by molar-refractivity contribution is -0.138. The molecule has 2 rings (SSSR count). The number of hydrogen-bond donors (Lipinski definition) is 1. The minimum Gasteiger partial charge on any atom is -0.399 e. The summed E-state index contributed by atoms with van der Waals surface area (Å²) in [6, 6.07) is 9.30. The van der Waals surface area contributed by atoms with Gasteiger partial charge in [-0.25, -0.2) is 4.39 Å². The second-order valence-electron chi connectivity index (χ2n) is 4.18. The summed E-state index contributed by atoms with van der Waals surface area (Å²) in [5.74, 6) is -0.521. The van der Waals surface area contributed by atoms with Crippen molar-refractivity contribution in [1.29, 1.82) is 0 Å². The van der Waals surface area contributed by atoms with Crippen LogP contribution in [0, 0.1) is 5.82 Å². The predicted molar refractivity (Wildman–Crippen MR) is 65.1 cm³/mol. The van der Waals surface area contributed by atoms with Crippen molar-refractivity contribution in [3.05, 3.63) is 65.0 Å². The Morgan fingerprint density at radius 2 is 1.63 bits per heavy atom.